The van der Waals surface area contributed by atoms with Gasteiger partial charge in [-0.3, -0.25) is 14.9 Å². The number of amides is 1. The van der Waals surface area contributed by atoms with E-state index in [0.717, 1.165) is 23.8 Å². The fourth-order valence-electron chi connectivity index (χ4n) is 6.14. The molecule has 7 nitrogen and oxygen atoms in total. The van der Waals surface area contributed by atoms with Gasteiger partial charge in [0.2, 0.25) is 0 Å². The average Bonchev–Trinajstić information content (AvgIpc) is 2.65. The summed E-state index contributed by atoms with van der Waals surface area (Å²) in [5, 5.41) is 13.9. The fraction of sp³-hybridized carbons (Fsp3) is 0.619. The lowest BCUT2D eigenvalue weighted by atomic mass is 9.48. The Balaban J connectivity index is 1.33. The zero-order valence-electron chi connectivity index (χ0n) is 16.4. The summed E-state index contributed by atoms with van der Waals surface area (Å²) in [5.74, 6) is 1.24. The van der Waals surface area contributed by atoms with E-state index in [-0.39, 0.29) is 33.6 Å². The minimum absolute atomic E-state index is 0.0111. The van der Waals surface area contributed by atoms with Crippen LogP contribution in [0.2, 0.25) is 5.02 Å². The van der Waals surface area contributed by atoms with E-state index >= 15 is 0 Å². The van der Waals surface area contributed by atoms with E-state index in [1.54, 1.807) is 0 Å². The molecule has 156 valence electrons. The molecule has 4 saturated carbocycles. The van der Waals surface area contributed by atoms with Gasteiger partial charge in [0.1, 0.15) is 5.02 Å². The molecule has 1 aromatic carbocycles. The van der Waals surface area contributed by atoms with Gasteiger partial charge in [-0.2, -0.15) is 0 Å². The predicted molar refractivity (Wildman–Crippen MR) is 107 cm³/mol. The minimum atomic E-state index is -0.789. The molecule has 1 atom stereocenters. The van der Waals surface area contributed by atoms with Crippen LogP contribution in [-0.4, -0.2) is 29.4 Å². The summed E-state index contributed by atoms with van der Waals surface area (Å²) < 4.78 is 5.07. The van der Waals surface area contributed by atoms with Gasteiger partial charge < -0.3 is 10.1 Å². The van der Waals surface area contributed by atoms with Gasteiger partial charge in [0, 0.05) is 12.1 Å². The summed E-state index contributed by atoms with van der Waals surface area (Å²) in [7, 11) is 0. The van der Waals surface area contributed by atoms with Crippen LogP contribution in [0.4, 0.5) is 5.69 Å². The van der Waals surface area contributed by atoms with Crippen molar-refractivity contribution < 1.29 is 19.2 Å². The fourth-order valence-corrected chi connectivity index (χ4v) is 6.32. The average molecular weight is 421 g/mol. The van der Waals surface area contributed by atoms with Crippen molar-refractivity contribution in [2.45, 2.75) is 51.5 Å². The summed E-state index contributed by atoms with van der Waals surface area (Å²) in [6.45, 7) is 1.65. The molecule has 4 bridgehead atoms. The number of carbonyl (C=O) groups is 2. The molecule has 4 fully saturated rings. The van der Waals surface area contributed by atoms with Crippen LogP contribution in [0.3, 0.4) is 0 Å². The summed E-state index contributed by atoms with van der Waals surface area (Å²) in [6, 6.07) is 3.71. The number of carbonyl (C=O) groups excluding carboxylic acids is 2. The quantitative estimate of drug-likeness (QED) is 0.424. The summed E-state index contributed by atoms with van der Waals surface area (Å²) in [5.41, 5.74) is -0.213. The second-order valence-electron chi connectivity index (χ2n) is 9.07. The van der Waals surface area contributed by atoms with Crippen LogP contribution in [0.1, 0.15) is 55.8 Å². The van der Waals surface area contributed by atoms with Crippen LogP contribution in [-0.2, 0) is 9.53 Å². The molecule has 8 heteroatoms. The van der Waals surface area contributed by atoms with Crippen LogP contribution in [0, 0.1) is 33.3 Å². The smallest absolute Gasteiger partial charge is 0.338 e. The molecule has 0 spiro atoms. The van der Waals surface area contributed by atoms with E-state index < -0.39 is 17.5 Å². The summed E-state index contributed by atoms with van der Waals surface area (Å²) >= 11 is 5.75. The van der Waals surface area contributed by atoms with Gasteiger partial charge >= 0.3 is 5.97 Å². The lowest BCUT2D eigenvalue weighted by molar-refractivity contribution is -0.384. The number of nitrogens with zero attached hydrogens (tertiary/aromatic N) is 1. The Morgan fingerprint density at radius 2 is 1.83 bits per heavy atom. The van der Waals surface area contributed by atoms with E-state index in [1.807, 2.05) is 0 Å². The van der Waals surface area contributed by atoms with E-state index in [9.17, 15) is 19.7 Å². The Hall–Kier alpha value is -2.15. The molecule has 0 heterocycles. The maximum Gasteiger partial charge on any atom is 0.338 e. The molecule has 0 unspecified atom stereocenters. The monoisotopic (exact) mass is 420 g/mol. The van der Waals surface area contributed by atoms with Gasteiger partial charge in [0.05, 0.1) is 10.5 Å². The third-order valence-electron chi connectivity index (χ3n) is 7.09. The van der Waals surface area contributed by atoms with Gasteiger partial charge in [-0.05, 0) is 80.8 Å². The minimum Gasteiger partial charge on any atom is -0.452 e. The zero-order chi connectivity index (χ0) is 20.8. The van der Waals surface area contributed by atoms with Crippen molar-refractivity contribution in [3.05, 3.63) is 38.9 Å². The van der Waals surface area contributed by atoms with Crippen molar-refractivity contribution in [2.24, 2.45) is 23.2 Å². The van der Waals surface area contributed by atoms with Crippen LogP contribution in [0.25, 0.3) is 0 Å². The highest BCUT2D eigenvalue weighted by Crippen LogP contribution is 2.61. The maximum absolute atomic E-state index is 12.4. The van der Waals surface area contributed by atoms with Crippen molar-refractivity contribution in [3.8, 4) is 0 Å². The van der Waals surface area contributed by atoms with Crippen LogP contribution in [0.5, 0.6) is 0 Å². The number of hydrogen-bond donors (Lipinski definition) is 1. The van der Waals surface area contributed by atoms with Crippen LogP contribution < -0.4 is 5.32 Å². The third-order valence-corrected chi connectivity index (χ3v) is 7.41. The molecular weight excluding hydrogens is 396 g/mol. The molecule has 1 aromatic rings. The number of ether oxygens (including phenoxy) is 1. The van der Waals surface area contributed by atoms with E-state index in [2.05, 4.69) is 12.2 Å². The number of esters is 1. The molecule has 5 rings (SSSR count). The lowest BCUT2D eigenvalue weighted by Gasteiger charge is -2.59. The van der Waals surface area contributed by atoms with Crippen molar-refractivity contribution in [1.29, 1.82) is 0 Å². The molecule has 0 radical (unpaired) electrons. The van der Waals surface area contributed by atoms with Gasteiger partial charge in [-0.25, -0.2) is 4.79 Å². The number of benzene rings is 1. The van der Waals surface area contributed by atoms with Crippen molar-refractivity contribution in [3.63, 3.8) is 0 Å². The Labute approximate surface area is 174 Å². The molecule has 1 N–H and O–H groups in total. The van der Waals surface area contributed by atoms with Crippen LogP contribution >= 0.6 is 11.6 Å². The first-order chi connectivity index (χ1) is 13.8. The first kappa shape index (κ1) is 20.1. The Bertz CT molecular complexity index is 820. The second-order valence-corrected chi connectivity index (χ2v) is 9.48. The molecule has 4 aliphatic rings. The standard InChI is InChI=1S/C21H25ClN2O5/c1-12(21-8-13-4-14(9-21)6-15(5-13)10-21)23-19(25)11-29-20(26)16-2-3-17(22)18(7-16)24(27)28/h2-3,7,12-15H,4-6,8-11H2,1H3,(H,23,25)/t12-,13?,14?,15?,21?/m0/s1. The highest BCUT2D eigenvalue weighted by molar-refractivity contribution is 6.32. The number of nitrogens with one attached hydrogen (secondary N) is 1. The number of nitro groups is 1. The molecule has 1 amide bonds. The first-order valence-electron chi connectivity index (χ1n) is 10.2. The highest BCUT2D eigenvalue weighted by Gasteiger charge is 2.53. The normalized spacial score (nSPS) is 30.6. The topological polar surface area (TPSA) is 98.5 Å². The van der Waals surface area contributed by atoms with E-state index in [1.165, 1.54) is 50.7 Å². The van der Waals surface area contributed by atoms with Gasteiger partial charge in [0.25, 0.3) is 11.6 Å². The SMILES string of the molecule is C[C@H](NC(=O)COC(=O)c1ccc(Cl)c([N+](=O)[O-])c1)C12CC3CC(CC(C3)C1)C2. The molecule has 4 aliphatic carbocycles. The van der Waals surface area contributed by atoms with Crippen LogP contribution in [0.15, 0.2) is 18.2 Å². The first-order valence-corrected chi connectivity index (χ1v) is 10.5. The van der Waals surface area contributed by atoms with E-state index in [4.69, 9.17) is 16.3 Å². The number of hydrogen-bond acceptors (Lipinski definition) is 5. The van der Waals surface area contributed by atoms with Crippen molar-refractivity contribution in [2.75, 3.05) is 6.61 Å². The zero-order valence-corrected chi connectivity index (χ0v) is 17.1. The molecular formula is C21H25ClN2O5. The Kier molecular flexibility index (Phi) is 5.27. The Morgan fingerprint density at radius 1 is 1.24 bits per heavy atom. The van der Waals surface area contributed by atoms with Gasteiger partial charge in [0.15, 0.2) is 6.61 Å². The number of rotatable bonds is 6. The summed E-state index contributed by atoms with van der Waals surface area (Å²) in [6.07, 6.45) is 7.54. The number of halogens is 1. The largest absolute Gasteiger partial charge is 0.452 e. The Morgan fingerprint density at radius 3 is 2.38 bits per heavy atom. The molecule has 0 aromatic heterocycles. The lowest BCUT2D eigenvalue weighted by Crippen LogP contribution is -2.56. The predicted octanol–water partition coefficient (Wildman–Crippen LogP) is 4.13. The van der Waals surface area contributed by atoms with E-state index in [0.29, 0.717) is 0 Å². The van der Waals surface area contributed by atoms with Gasteiger partial charge in [-0.1, -0.05) is 11.6 Å². The van der Waals surface area contributed by atoms with Crippen molar-refractivity contribution >= 4 is 29.2 Å². The van der Waals surface area contributed by atoms with Gasteiger partial charge in [-0.15, -0.1) is 0 Å². The second kappa shape index (κ2) is 7.59. The number of nitro benzene ring substituents is 1. The molecule has 0 saturated heterocycles. The van der Waals surface area contributed by atoms with Crippen molar-refractivity contribution in [1.82, 2.24) is 5.32 Å². The maximum atomic E-state index is 12.4. The third kappa shape index (κ3) is 3.97. The molecule has 29 heavy (non-hydrogen) atoms. The molecule has 0 aliphatic heterocycles. The highest BCUT2D eigenvalue weighted by atomic mass is 35.5. The summed E-state index contributed by atoms with van der Waals surface area (Å²) in [4.78, 5) is 34.9.